The Morgan fingerprint density at radius 2 is 2.11 bits per heavy atom. The van der Waals surface area contributed by atoms with Crippen molar-refractivity contribution < 1.29 is 8.42 Å². The summed E-state index contributed by atoms with van der Waals surface area (Å²) in [5.41, 5.74) is 6.87. The highest BCUT2D eigenvalue weighted by Gasteiger charge is 2.30. The SMILES string of the molecule is Cc1ccc(S(=O)(=O)N2CCC[C@@H](N)C2)c(Br)c1.Cl. The van der Waals surface area contributed by atoms with Crippen LogP contribution < -0.4 is 5.73 Å². The van der Waals surface area contributed by atoms with E-state index in [1.54, 1.807) is 6.07 Å². The molecule has 7 heteroatoms. The molecule has 0 spiro atoms. The quantitative estimate of drug-likeness (QED) is 0.870. The minimum atomic E-state index is -3.44. The number of benzene rings is 1. The van der Waals surface area contributed by atoms with Gasteiger partial charge in [0.2, 0.25) is 10.0 Å². The van der Waals surface area contributed by atoms with Crippen LogP contribution in [0.25, 0.3) is 0 Å². The Labute approximate surface area is 128 Å². The molecule has 0 aliphatic carbocycles. The number of rotatable bonds is 2. The summed E-state index contributed by atoms with van der Waals surface area (Å²) in [7, 11) is -3.44. The first kappa shape index (κ1) is 16.9. The Kier molecular flexibility index (Phi) is 5.82. The van der Waals surface area contributed by atoms with E-state index in [4.69, 9.17) is 5.73 Å². The summed E-state index contributed by atoms with van der Waals surface area (Å²) in [5.74, 6) is 0. The Morgan fingerprint density at radius 3 is 2.68 bits per heavy atom. The Bertz CT molecular complexity index is 551. The van der Waals surface area contributed by atoms with Crippen LogP contribution in [0, 0.1) is 6.92 Å². The van der Waals surface area contributed by atoms with Crippen LogP contribution in [0.5, 0.6) is 0 Å². The molecule has 108 valence electrons. The zero-order chi connectivity index (χ0) is 13.3. The van der Waals surface area contributed by atoms with E-state index in [0.717, 1.165) is 18.4 Å². The van der Waals surface area contributed by atoms with E-state index in [1.807, 2.05) is 19.1 Å². The van der Waals surface area contributed by atoms with Gasteiger partial charge in [-0.3, -0.25) is 0 Å². The molecule has 2 rings (SSSR count). The first-order chi connectivity index (χ1) is 8.41. The summed E-state index contributed by atoms with van der Waals surface area (Å²) in [6.45, 7) is 2.89. The summed E-state index contributed by atoms with van der Waals surface area (Å²) < 4.78 is 27.1. The van der Waals surface area contributed by atoms with Gasteiger partial charge in [0, 0.05) is 23.6 Å². The monoisotopic (exact) mass is 368 g/mol. The number of hydrogen-bond acceptors (Lipinski definition) is 3. The summed E-state index contributed by atoms with van der Waals surface area (Å²) in [6.07, 6.45) is 1.71. The van der Waals surface area contributed by atoms with Crippen molar-refractivity contribution in [2.45, 2.75) is 30.7 Å². The first-order valence-electron chi connectivity index (χ1n) is 5.93. The number of aryl methyl sites for hydroxylation is 1. The fourth-order valence-corrected chi connectivity index (χ4v) is 4.83. The molecule has 0 amide bonds. The van der Waals surface area contributed by atoms with Crippen molar-refractivity contribution in [3.8, 4) is 0 Å². The number of piperidine rings is 1. The third-order valence-corrected chi connectivity index (χ3v) is 5.97. The number of nitrogens with zero attached hydrogens (tertiary/aromatic N) is 1. The molecular weight excluding hydrogens is 352 g/mol. The summed E-state index contributed by atoms with van der Waals surface area (Å²) >= 11 is 3.33. The van der Waals surface area contributed by atoms with E-state index in [1.165, 1.54) is 4.31 Å². The van der Waals surface area contributed by atoms with E-state index >= 15 is 0 Å². The normalized spacial score (nSPS) is 20.9. The van der Waals surface area contributed by atoms with Crippen LogP contribution in [0.2, 0.25) is 0 Å². The second kappa shape index (κ2) is 6.54. The topological polar surface area (TPSA) is 63.4 Å². The van der Waals surface area contributed by atoms with Crippen LogP contribution >= 0.6 is 28.3 Å². The van der Waals surface area contributed by atoms with E-state index in [-0.39, 0.29) is 18.4 Å². The van der Waals surface area contributed by atoms with Crippen molar-refractivity contribution in [1.82, 2.24) is 4.31 Å². The third kappa shape index (κ3) is 3.70. The molecule has 0 saturated carbocycles. The average Bonchev–Trinajstić information content (AvgIpc) is 2.28. The fourth-order valence-electron chi connectivity index (χ4n) is 2.15. The molecular formula is C12H18BrClN2O2S. The van der Waals surface area contributed by atoms with Gasteiger partial charge in [0.25, 0.3) is 0 Å². The summed E-state index contributed by atoms with van der Waals surface area (Å²) in [4.78, 5) is 0.321. The number of halogens is 2. The molecule has 19 heavy (non-hydrogen) atoms. The molecule has 2 N–H and O–H groups in total. The average molecular weight is 370 g/mol. The minimum absolute atomic E-state index is 0. The highest BCUT2D eigenvalue weighted by atomic mass is 79.9. The van der Waals surface area contributed by atoms with Gasteiger partial charge in [0.05, 0.1) is 4.90 Å². The molecule has 1 aromatic rings. The highest BCUT2D eigenvalue weighted by molar-refractivity contribution is 9.10. The van der Waals surface area contributed by atoms with Crippen LogP contribution in [0.1, 0.15) is 18.4 Å². The van der Waals surface area contributed by atoms with Crippen LogP contribution in [0.3, 0.4) is 0 Å². The molecule has 1 heterocycles. The van der Waals surface area contributed by atoms with Crippen LogP contribution in [-0.2, 0) is 10.0 Å². The molecule has 1 aliphatic rings. The van der Waals surface area contributed by atoms with Gasteiger partial charge in [-0.2, -0.15) is 4.31 Å². The van der Waals surface area contributed by atoms with Crippen LogP contribution in [0.15, 0.2) is 27.6 Å². The minimum Gasteiger partial charge on any atom is -0.327 e. The third-order valence-electron chi connectivity index (χ3n) is 3.13. The van der Waals surface area contributed by atoms with E-state index in [9.17, 15) is 8.42 Å². The standard InChI is InChI=1S/C12H17BrN2O2S.ClH/c1-9-4-5-12(11(13)7-9)18(16,17)15-6-2-3-10(14)8-15;/h4-5,7,10H,2-3,6,8,14H2,1H3;1H/t10-;/m1./s1. The van der Waals surface area contributed by atoms with Gasteiger partial charge in [-0.15, -0.1) is 12.4 Å². The summed E-state index contributed by atoms with van der Waals surface area (Å²) in [5, 5.41) is 0. The van der Waals surface area contributed by atoms with Gasteiger partial charge in [-0.05, 0) is 53.4 Å². The fraction of sp³-hybridized carbons (Fsp3) is 0.500. The molecule has 0 aromatic heterocycles. The van der Waals surface area contributed by atoms with Gasteiger partial charge in [-0.1, -0.05) is 6.07 Å². The second-order valence-electron chi connectivity index (χ2n) is 4.70. The predicted molar refractivity (Wildman–Crippen MR) is 82.1 cm³/mol. The van der Waals surface area contributed by atoms with E-state index < -0.39 is 10.0 Å². The Hall–Kier alpha value is -0.140. The Balaban J connectivity index is 0.00000180. The van der Waals surface area contributed by atoms with Crippen LogP contribution in [-0.4, -0.2) is 31.9 Å². The zero-order valence-electron chi connectivity index (χ0n) is 10.7. The number of nitrogens with two attached hydrogens (primary N) is 1. The van der Waals surface area contributed by atoms with Crippen molar-refractivity contribution >= 4 is 38.4 Å². The van der Waals surface area contributed by atoms with Gasteiger partial charge >= 0.3 is 0 Å². The second-order valence-corrected chi connectivity index (χ2v) is 7.46. The summed E-state index contributed by atoms with van der Waals surface area (Å²) in [6, 6.07) is 5.21. The lowest BCUT2D eigenvalue weighted by Gasteiger charge is -2.30. The molecule has 1 aromatic carbocycles. The lowest BCUT2D eigenvalue weighted by atomic mass is 10.1. The molecule has 0 unspecified atom stereocenters. The number of hydrogen-bond donors (Lipinski definition) is 1. The molecule has 0 radical (unpaired) electrons. The van der Waals surface area contributed by atoms with Crippen molar-refractivity contribution in [2.24, 2.45) is 5.73 Å². The van der Waals surface area contributed by atoms with Gasteiger partial charge in [-0.25, -0.2) is 8.42 Å². The molecule has 1 aliphatic heterocycles. The van der Waals surface area contributed by atoms with Crippen molar-refractivity contribution in [2.75, 3.05) is 13.1 Å². The molecule has 4 nitrogen and oxygen atoms in total. The van der Waals surface area contributed by atoms with E-state index in [0.29, 0.717) is 22.5 Å². The number of sulfonamides is 1. The lowest BCUT2D eigenvalue weighted by molar-refractivity contribution is 0.316. The largest absolute Gasteiger partial charge is 0.327 e. The van der Waals surface area contributed by atoms with Crippen molar-refractivity contribution in [3.63, 3.8) is 0 Å². The zero-order valence-corrected chi connectivity index (χ0v) is 13.9. The predicted octanol–water partition coefficient (Wildman–Crippen LogP) is 2.29. The first-order valence-corrected chi connectivity index (χ1v) is 8.16. The van der Waals surface area contributed by atoms with Crippen LogP contribution in [0.4, 0.5) is 0 Å². The molecule has 1 saturated heterocycles. The highest BCUT2D eigenvalue weighted by Crippen LogP contribution is 2.27. The van der Waals surface area contributed by atoms with Gasteiger partial charge < -0.3 is 5.73 Å². The lowest BCUT2D eigenvalue weighted by Crippen LogP contribution is -2.45. The van der Waals surface area contributed by atoms with Gasteiger partial charge in [0.1, 0.15) is 0 Å². The van der Waals surface area contributed by atoms with E-state index in [2.05, 4.69) is 15.9 Å². The van der Waals surface area contributed by atoms with Crippen molar-refractivity contribution in [3.05, 3.63) is 28.2 Å². The Morgan fingerprint density at radius 1 is 1.42 bits per heavy atom. The van der Waals surface area contributed by atoms with Gasteiger partial charge in [0.15, 0.2) is 0 Å². The molecule has 1 fully saturated rings. The maximum Gasteiger partial charge on any atom is 0.244 e. The van der Waals surface area contributed by atoms with Crippen molar-refractivity contribution in [1.29, 1.82) is 0 Å². The maximum absolute atomic E-state index is 12.5. The smallest absolute Gasteiger partial charge is 0.244 e. The maximum atomic E-state index is 12.5. The molecule has 1 atom stereocenters. The molecule has 0 bridgehead atoms.